The number of hydrogen-bond acceptors (Lipinski definition) is 3. The van der Waals surface area contributed by atoms with Gasteiger partial charge in [0, 0.05) is 10.7 Å². The molecule has 0 radical (unpaired) electrons. The fourth-order valence-electron chi connectivity index (χ4n) is 2.89. The third kappa shape index (κ3) is 2.16. The van der Waals surface area contributed by atoms with E-state index in [4.69, 9.17) is 5.73 Å². The van der Waals surface area contributed by atoms with E-state index in [9.17, 15) is 9.18 Å². The molecule has 3 nitrogen and oxygen atoms in total. The molecule has 1 aliphatic rings. The van der Waals surface area contributed by atoms with Crippen molar-refractivity contribution in [2.75, 3.05) is 5.73 Å². The Morgan fingerprint density at radius 1 is 1.45 bits per heavy atom. The van der Waals surface area contributed by atoms with Crippen molar-refractivity contribution in [1.29, 1.82) is 0 Å². The van der Waals surface area contributed by atoms with Crippen molar-refractivity contribution < 1.29 is 9.18 Å². The maximum Gasteiger partial charge on any atom is 0.263 e. The van der Waals surface area contributed by atoms with Crippen molar-refractivity contribution >= 4 is 33.0 Å². The number of rotatable bonds is 2. The molecule has 1 heterocycles. The minimum atomic E-state index is -0.371. The first kappa shape index (κ1) is 13.4. The second-order valence-corrected chi connectivity index (χ2v) is 6.50. The van der Waals surface area contributed by atoms with E-state index in [1.165, 1.54) is 17.4 Å². The van der Waals surface area contributed by atoms with Crippen LogP contribution in [0.5, 0.6) is 0 Å². The maximum absolute atomic E-state index is 13.8. The summed E-state index contributed by atoms with van der Waals surface area (Å²) >= 11 is 1.25. The molecule has 2 aromatic rings. The molecular weight excluding hydrogens is 275 g/mol. The number of fused-ring (bicyclic) bond motifs is 1. The van der Waals surface area contributed by atoms with Gasteiger partial charge >= 0.3 is 0 Å². The summed E-state index contributed by atoms with van der Waals surface area (Å²) in [4.78, 5) is 12.8. The Bertz CT molecular complexity index is 667. The number of carbonyl (C=O) groups excluding carboxylic acids is 1. The Kier molecular flexibility index (Phi) is 3.38. The quantitative estimate of drug-likeness (QED) is 0.889. The molecule has 0 aliphatic heterocycles. The SMILES string of the molecule is CC1CCCC1NC(=O)c1sc2cccc(F)c2c1N. The number of thiophene rings is 1. The monoisotopic (exact) mass is 292 g/mol. The standard InChI is InChI=1S/C15H17FN2OS/c1-8-4-2-6-10(8)18-15(19)14-13(17)12-9(16)5-3-7-11(12)20-14/h3,5,7-8,10H,2,4,6,17H2,1H3,(H,18,19). The summed E-state index contributed by atoms with van der Waals surface area (Å²) in [5.74, 6) is -0.0577. The number of anilines is 1. The molecule has 1 aromatic heterocycles. The van der Waals surface area contributed by atoms with Gasteiger partial charge in [0.15, 0.2) is 0 Å². The van der Waals surface area contributed by atoms with Gasteiger partial charge in [-0.1, -0.05) is 19.4 Å². The number of carbonyl (C=O) groups is 1. The number of amides is 1. The predicted molar refractivity (Wildman–Crippen MR) is 80.5 cm³/mol. The normalized spacial score (nSPS) is 22.3. The molecule has 0 saturated heterocycles. The van der Waals surface area contributed by atoms with Crippen molar-refractivity contribution in [1.82, 2.24) is 5.32 Å². The summed E-state index contributed by atoms with van der Waals surface area (Å²) in [6.07, 6.45) is 3.29. The second-order valence-electron chi connectivity index (χ2n) is 5.45. The van der Waals surface area contributed by atoms with Crippen LogP contribution in [-0.2, 0) is 0 Å². The van der Waals surface area contributed by atoms with Crippen molar-refractivity contribution in [2.45, 2.75) is 32.2 Å². The highest BCUT2D eigenvalue weighted by atomic mass is 32.1. The van der Waals surface area contributed by atoms with Gasteiger partial charge in [-0.15, -0.1) is 11.3 Å². The van der Waals surface area contributed by atoms with Gasteiger partial charge in [0.1, 0.15) is 10.7 Å². The van der Waals surface area contributed by atoms with E-state index in [2.05, 4.69) is 12.2 Å². The number of hydrogen-bond donors (Lipinski definition) is 2. The van der Waals surface area contributed by atoms with Crippen LogP contribution in [0, 0.1) is 11.7 Å². The molecule has 2 unspecified atom stereocenters. The van der Waals surface area contributed by atoms with Gasteiger partial charge in [-0.05, 0) is 30.9 Å². The van der Waals surface area contributed by atoms with Gasteiger partial charge in [0.2, 0.25) is 0 Å². The van der Waals surface area contributed by atoms with E-state index in [-0.39, 0.29) is 23.5 Å². The Balaban J connectivity index is 1.92. The average Bonchev–Trinajstić information content (AvgIpc) is 2.95. The summed E-state index contributed by atoms with van der Waals surface area (Å²) in [6.45, 7) is 2.14. The van der Waals surface area contributed by atoms with Crippen molar-refractivity contribution in [3.63, 3.8) is 0 Å². The molecule has 1 fully saturated rings. The fraction of sp³-hybridized carbons (Fsp3) is 0.400. The molecule has 5 heteroatoms. The highest BCUT2D eigenvalue weighted by molar-refractivity contribution is 7.21. The highest BCUT2D eigenvalue weighted by Gasteiger charge is 2.27. The van der Waals surface area contributed by atoms with Crippen LogP contribution in [0.4, 0.5) is 10.1 Å². The average molecular weight is 292 g/mol. The van der Waals surface area contributed by atoms with E-state index < -0.39 is 0 Å². The maximum atomic E-state index is 13.8. The molecule has 3 rings (SSSR count). The van der Waals surface area contributed by atoms with Gasteiger partial charge < -0.3 is 11.1 Å². The zero-order valence-corrected chi connectivity index (χ0v) is 12.1. The number of halogens is 1. The van der Waals surface area contributed by atoms with E-state index in [0.717, 1.165) is 19.3 Å². The van der Waals surface area contributed by atoms with Gasteiger partial charge in [-0.3, -0.25) is 4.79 Å². The lowest BCUT2D eigenvalue weighted by atomic mass is 10.1. The molecule has 1 aromatic carbocycles. The minimum absolute atomic E-state index is 0.179. The summed E-state index contributed by atoms with van der Waals surface area (Å²) in [5, 5.41) is 3.40. The summed E-state index contributed by atoms with van der Waals surface area (Å²) < 4.78 is 14.5. The Labute approximate surface area is 121 Å². The molecule has 106 valence electrons. The molecule has 3 N–H and O–H groups in total. The first-order chi connectivity index (χ1) is 9.58. The van der Waals surface area contributed by atoms with Gasteiger partial charge in [0.05, 0.1) is 11.1 Å². The number of nitrogen functional groups attached to an aromatic ring is 1. The van der Waals surface area contributed by atoms with Crippen molar-refractivity contribution in [3.05, 3.63) is 28.9 Å². The lowest BCUT2D eigenvalue weighted by Gasteiger charge is -2.16. The third-order valence-electron chi connectivity index (χ3n) is 4.09. The highest BCUT2D eigenvalue weighted by Crippen LogP contribution is 2.35. The molecule has 0 bridgehead atoms. The van der Waals surface area contributed by atoms with Crippen LogP contribution < -0.4 is 11.1 Å². The zero-order valence-electron chi connectivity index (χ0n) is 11.3. The van der Waals surface area contributed by atoms with Crippen LogP contribution >= 0.6 is 11.3 Å². The largest absolute Gasteiger partial charge is 0.397 e. The molecule has 1 saturated carbocycles. The van der Waals surface area contributed by atoms with Crippen LogP contribution in [0.25, 0.3) is 10.1 Å². The Hall–Kier alpha value is -1.62. The van der Waals surface area contributed by atoms with Gasteiger partial charge in [-0.25, -0.2) is 4.39 Å². The van der Waals surface area contributed by atoms with Crippen LogP contribution in [0.3, 0.4) is 0 Å². The molecule has 0 spiro atoms. The van der Waals surface area contributed by atoms with Gasteiger partial charge in [-0.2, -0.15) is 0 Å². The Morgan fingerprint density at radius 3 is 2.90 bits per heavy atom. The summed E-state index contributed by atoms with van der Waals surface area (Å²) in [7, 11) is 0. The smallest absolute Gasteiger partial charge is 0.263 e. The van der Waals surface area contributed by atoms with Crippen LogP contribution in [0.1, 0.15) is 35.9 Å². The van der Waals surface area contributed by atoms with Crippen LogP contribution in [-0.4, -0.2) is 11.9 Å². The zero-order chi connectivity index (χ0) is 14.3. The van der Waals surface area contributed by atoms with E-state index in [1.54, 1.807) is 12.1 Å². The first-order valence-electron chi connectivity index (χ1n) is 6.85. The van der Waals surface area contributed by atoms with E-state index in [1.807, 2.05) is 0 Å². The third-order valence-corrected chi connectivity index (χ3v) is 5.26. The van der Waals surface area contributed by atoms with Crippen LogP contribution in [0.2, 0.25) is 0 Å². The summed E-state index contributed by atoms with van der Waals surface area (Å²) in [5.41, 5.74) is 6.22. The minimum Gasteiger partial charge on any atom is -0.397 e. The topological polar surface area (TPSA) is 55.1 Å². The molecule has 2 atom stereocenters. The first-order valence-corrected chi connectivity index (χ1v) is 7.67. The molecule has 1 aliphatic carbocycles. The van der Waals surface area contributed by atoms with Crippen LogP contribution in [0.15, 0.2) is 18.2 Å². The molecular formula is C15H17FN2OS. The van der Waals surface area contributed by atoms with Crippen molar-refractivity contribution in [3.8, 4) is 0 Å². The summed E-state index contributed by atoms with van der Waals surface area (Å²) in [6, 6.07) is 4.99. The number of nitrogens with two attached hydrogens (primary N) is 1. The van der Waals surface area contributed by atoms with E-state index >= 15 is 0 Å². The lowest BCUT2D eigenvalue weighted by Crippen LogP contribution is -2.36. The number of nitrogens with one attached hydrogen (secondary N) is 1. The lowest BCUT2D eigenvalue weighted by molar-refractivity contribution is 0.0934. The van der Waals surface area contributed by atoms with E-state index in [0.29, 0.717) is 20.9 Å². The second kappa shape index (κ2) is 5.05. The molecule has 1 amide bonds. The fourth-order valence-corrected chi connectivity index (χ4v) is 3.93. The van der Waals surface area contributed by atoms with Gasteiger partial charge in [0.25, 0.3) is 5.91 Å². The van der Waals surface area contributed by atoms with Crippen molar-refractivity contribution in [2.24, 2.45) is 5.92 Å². The Morgan fingerprint density at radius 2 is 2.25 bits per heavy atom. The predicted octanol–water partition coefficient (Wildman–Crippen LogP) is 3.54. The molecule has 20 heavy (non-hydrogen) atoms. The number of benzene rings is 1.